The van der Waals surface area contributed by atoms with E-state index in [1.165, 1.54) is 6.07 Å². The largest absolute Gasteiger partial charge is 0.349 e. The molecule has 0 heterocycles. The van der Waals surface area contributed by atoms with Gasteiger partial charge < -0.3 is 5.32 Å². The highest BCUT2D eigenvalue weighted by Crippen LogP contribution is 2.26. The van der Waals surface area contributed by atoms with E-state index >= 15 is 0 Å². The number of primary sulfonamides is 1. The Balaban J connectivity index is 3.21. The molecule has 1 atom stereocenters. The maximum atomic E-state index is 12.1. The van der Waals surface area contributed by atoms with Crippen molar-refractivity contribution in [1.82, 2.24) is 5.32 Å². The maximum absolute atomic E-state index is 12.1. The molecule has 1 aromatic carbocycles. The SMILES string of the molecule is Cc1cc(C(=O)NC(C)C(C)C)cc(S(N)(=O)=O)c1Cl. The summed E-state index contributed by atoms with van der Waals surface area (Å²) in [6.07, 6.45) is 0. The summed E-state index contributed by atoms with van der Waals surface area (Å²) in [6.45, 7) is 7.47. The molecule has 5 nitrogen and oxygen atoms in total. The number of halogens is 1. The first kappa shape index (κ1) is 16.9. The fourth-order valence-corrected chi connectivity index (χ4v) is 2.67. The fourth-order valence-electron chi connectivity index (χ4n) is 1.53. The van der Waals surface area contributed by atoms with Crippen LogP contribution in [0.15, 0.2) is 17.0 Å². The van der Waals surface area contributed by atoms with Crippen LogP contribution in [-0.4, -0.2) is 20.4 Å². The van der Waals surface area contributed by atoms with Crippen LogP contribution in [0.2, 0.25) is 5.02 Å². The van der Waals surface area contributed by atoms with Gasteiger partial charge in [0.25, 0.3) is 5.91 Å². The lowest BCUT2D eigenvalue weighted by Crippen LogP contribution is -2.36. The minimum Gasteiger partial charge on any atom is -0.349 e. The molecular weight excluding hydrogens is 300 g/mol. The maximum Gasteiger partial charge on any atom is 0.251 e. The van der Waals surface area contributed by atoms with Crippen LogP contribution in [0.4, 0.5) is 0 Å². The Kier molecular flexibility index (Phi) is 5.18. The molecule has 0 aliphatic rings. The van der Waals surface area contributed by atoms with Crippen molar-refractivity contribution >= 4 is 27.5 Å². The monoisotopic (exact) mass is 318 g/mol. The van der Waals surface area contributed by atoms with Gasteiger partial charge in [0.1, 0.15) is 4.90 Å². The molecule has 112 valence electrons. The van der Waals surface area contributed by atoms with Gasteiger partial charge in [-0.05, 0) is 37.5 Å². The Hall–Kier alpha value is -1.11. The van der Waals surface area contributed by atoms with Crippen LogP contribution in [0.3, 0.4) is 0 Å². The highest BCUT2D eigenvalue weighted by atomic mass is 35.5. The first-order chi connectivity index (χ1) is 9.04. The van der Waals surface area contributed by atoms with E-state index in [1.54, 1.807) is 13.0 Å². The summed E-state index contributed by atoms with van der Waals surface area (Å²) in [4.78, 5) is 11.9. The van der Waals surface area contributed by atoms with Crippen LogP contribution in [-0.2, 0) is 10.0 Å². The number of amides is 1. The topological polar surface area (TPSA) is 89.3 Å². The molecular formula is C13H19ClN2O3S. The van der Waals surface area contributed by atoms with Crippen molar-refractivity contribution in [3.8, 4) is 0 Å². The van der Waals surface area contributed by atoms with Crippen molar-refractivity contribution in [2.24, 2.45) is 11.1 Å². The molecule has 3 N–H and O–H groups in total. The van der Waals surface area contributed by atoms with Gasteiger partial charge in [-0.15, -0.1) is 0 Å². The first-order valence-corrected chi connectivity index (χ1v) is 8.10. The van der Waals surface area contributed by atoms with E-state index in [9.17, 15) is 13.2 Å². The molecule has 7 heteroatoms. The van der Waals surface area contributed by atoms with Gasteiger partial charge in [0.15, 0.2) is 0 Å². The van der Waals surface area contributed by atoms with Crippen molar-refractivity contribution < 1.29 is 13.2 Å². The lowest BCUT2D eigenvalue weighted by molar-refractivity contribution is 0.0930. The molecule has 0 saturated heterocycles. The van der Waals surface area contributed by atoms with E-state index in [4.69, 9.17) is 16.7 Å². The highest BCUT2D eigenvalue weighted by Gasteiger charge is 2.20. The molecule has 0 aliphatic carbocycles. The van der Waals surface area contributed by atoms with E-state index in [0.717, 1.165) is 0 Å². The Morgan fingerprint density at radius 1 is 1.30 bits per heavy atom. The molecule has 0 fully saturated rings. The molecule has 0 radical (unpaired) electrons. The van der Waals surface area contributed by atoms with E-state index in [2.05, 4.69) is 5.32 Å². The number of nitrogens with two attached hydrogens (primary N) is 1. The van der Waals surface area contributed by atoms with Crippen molar-refractivity contribution in [3.05, 3.63) is 28.3 Å². The van der Waals surface area contributed by atoms with Gasteiger partial charge >= 0.3 is 0 Å². The molecule has 0 bridgehead atoms. The Labute approximate surface area is 124 Å². The number of nitrogens with one attached hydrogen (secondary N) is 1. The molecule has 0 spiro atoms. The number of hydrogen-bond donors (Lipinski definition) is 2. The summed E-state index contributed by atoms with van der Waals surface area (Å²) in [5, 5.41) is 7.95. The van der Waals surface area contributed by atoms with Crippen LogP contribution in [0.1, 0.15) is 36.7 Å². The lowest BCUT2D eigenvalue weighted by atomic mass is 10.1. The van der Waals surface area contributed by atoms with Gasteiger partial charge in [0.2, 0.25) is 10.0 Å². The quantitative estimate of drug-likeness (QED) is 0.890. The second-order valence-corrected chi connectivity index (χ2v) is 7.06. The number of aryl methyl sites for hydroxylation is 1. The first-order valence-electron chi connectivity index (χ1n) is 6.18. The number of rotatable bonds is 4. The third-order valence-electron chi connectivity index (χ3n) is 3.15. The Morgan fingerprint density at radius 2 is 1.85 bits per heavy atom. The number of hydrogen-bond acceptors (Lipinski definition) is 3. The second-order valence-electron chi connectivity index (χ2n) is 5.16. The molecule has 0 aliphatic heterocycles. The summed E-state index contributed by atoms with van der Waals surface area (Å²) in [5.41, 5.74) is 0.712. The average molecular weight is 319 g/mol. The molecule has 0 aromatic heterocycles. The van der Waals surface area contributed by atoms with Gasteiger partial charge in [-0.1, -0.05) is 25.4 Å². The summed E-state index contributed by atoms with van der Waals surface area (Å²) >= 11 is 5.92. The van der Waals surface area contributed by atoms with Crippen molar-refractivity contribution in [2.75, 3.05) is 0 Å². The highest BCUT2D eigenvalue weighted by molar-refractivity contribution is 7.89. The zero-order valence-corrected chi connectivity index (χ0v) is 13.5. The summed E-state index contributed by atoms with van der Waals surface area (Å²) < 4.78 is 22.9. The molecule has 1 amide bonds. The Bertz CT molecular complexity index is 627. The summed E-state index contributed by atoms with van der Waals surface area (Å²) in [7, 11) is -3.97. The molecule has 1 rings (SSSR count). The lowest BCUT2D eigenvalue weighted by Gasteiger charge is -2.18. The van der Waals surface area contributed by atoms with Crippen molar-refractivity contribution in [1.29, 1.82) is 0 Å². The number of carbonyl (C=O) groups excluding carboxylic acids is 1. The van der Waals surface area contributed by atoms with E-state index < -0.39 is 10.0 Å². The standard InChI is InChI=1S/C13H19ClN2O3S/c1-7(2)9(4)16-13(17)10-5-8(3)12(14)11(6-10)20(15,18)19/h5-7,9H,1-4H3,(H,16,17)(H2,15,18,19). The molecule has 1 aromatic rings. The van der Waals surface area contributed by atoms with Crippen LogP contribution in [0.25, 0.3) is 0 Å². The minimum absolute atomic E-state index is 0.0311. The van der Waals surface area contributed by atoms with Gasteiger partial charge in [0, 0.05) is 11.6 Å². The number of sulfonamides is 1. The summed E-state index contributed by atoms with van der Waals surface area (Å²) in [6, 6.07) is 2.71. The number of carbonyl (C=O) groups is 1. The van der Waals surface area contributed by atoms with Crippen LogP contribution >= 0.6 is 11.6 Å². The summed E-state index contributed by atoms with van der Waals surface area (Å²) in [5.74, 6) is -0.0825. The average Bonchev–Trinajstić information content (AvgIpc) is 2.30. The van der Waals surface area contributed by atoms with Gasteiger partial charge in [-0.25, -0.2) is 13.6 Å². The Morgan fingerprint density at radius 3 is 2.30 bits per heavy atom. The molecule has 1 unspecified atom stereocenters. The van der Waals surface area contributed by atoms with Crippen LogP contribution in [0, 0.1) is 12.8 Å². The third kappa shape index (κ3) is 3.94. The molecule has 0 saturated carbocycles. The van der Waals surface area contributed by atoms with E-state index in [1.807, 2.05) is 20.8 Å². The van der Waals surface area contributed by atoms with Crippen molar-refractivity contribution in [3.63, 3.8) is 0 Å². The molecule has 20 heavy (non-hydrogen) atoms. The van der Waals surface area contributed by atoms with Crippen LogP contribution in [0.5, 0.6) is 0 Å². The zero-order valence-electron chi connectivity index (χ0n) is 11.9. The van der Waals surface area contributed by atoms with E-state index in [-0.39, 0.29) is 33.3 Å². The third-order valence-corrected chi connectivity index (χ3v) is 4.70. The minimum atomic E-state index is -3.97. The second kappa shape index (κ2) is 6.11. The predicted octanol–water partition coefficient (Wildman–Crippen LogP) is 2.07. The fraction of sp³-hybridized carbons (Fsp3) is 0.462. The van der Waals surface area contributed by atoms with Gasteiger partial charge in [-0.3, -0.25) is 4.79 Å². The predicted molar refractivity (Wildman–Crippen MR) is 79.3 cm³/mol. The zero-order chi connectivity index (χ0) is 15.7. The smallest absolute Gasteiger partial charge is 0.251 e. The van der Waals surface area contributed by atoms with Crippen molar-refractivity contribution in [2.45, 2.75) is 38.6 Å². The van der Waals surface area contributed by atoms with Gasteiger partial charge in [0.05, 0.1) is 5.02 Å². The number of benzene rings is 1. The van der Waals surface area contributed by atoms with Gasteiger partial charge in [-0.2, -0.15) is 0 Å². The van der Waals surface area contributed by atoms with E-state index in [0.29, 0.717) is 5.56 Å². The normalized spacial score (nSPS) is 13.3. The van der Waals surface area contributed by atoms with Crippen LogP contribution < -0.4 is 10.5 Å².